The highest BCUT2D eigenvalue weighted by atomic mass is 32.1. The van der Waals surface area contributed by atoms with Crippen molar-refractivity contribution in [2.75, 3.05) is 18.4 Å². The van der Waals surface area contributed by atoms with Gasteiger partial charge in [0.1, 0.15) is 0 Å². The predicted molar refractivity (Wildman–Crippen MR) is 91.8 cm³/mol. The van der Waals surface area contributed by atoms with Gasteiger partial charge in [-0.25, -0.2) is 4.79 Å². The van der Waals surface area contributed by atoms with E-state index in [1.807, 2.05) is 52.7 Å². The monoisotopic (exact) mass is 329 g/mol. The number of nitrogens with zero attached hydrogens (tertiary/aromatic N) is 1. The number of piperidine rings is 1. The zero-order chi connectivity index (χ0) is 16.1. The molecule has 5 nitrogen and oxygen atoms in total. The van der Waals surface area contributed by atoms with Gasteiger partial charge >= 0.3 is 6.03 Å². The molecule has 0 radical (unpaired) electrons. The lowest BCUT2D eigenvalue weighted by atomic mass is 10.1. The number of anilines is 1. The van der Waals surface area contributed by atoms with Crippen LogP contribution in [0, 0.1) is 0 Å². The molecule has 0 atom stereocenters. The zero-order valence-corrected chi connectivity index (χ0v) is 13.5. The molecule has 0 unspecified atom stereocenters. The Balaban J connectivity index is 1.46. The molecule has 1 aliphatic rings. The number of hydrogen-bond donors (Lipinski definition) is 2. The van der Waals surface area contributed by atoms with Crippen LogP contribution in [0.4, 0.5) is 10.5 Å². The molecule has 2 heterocycles. The topological polar surface area (TPSA) is 61.4 Å². The van der Waals surface area contributed by atoms with Crippen molar-refractivity contribution in [3.63, 3.8) is 0 Å². The number of para-hydroxylation sites is 1. The van der Waals surface area contributed by atoms with Crippen LogP contribution in [0.15, 0.2) is 47.8 Å². The first-order valence-corrected chi connectivity index (χ1v) is 8.55. The number of likely N-dealkylation sites (tertiary alicyclic amines) is 1. The van der Waals surface area contributed by atoms with Gasteiger partial charge in [-0.2, -0.15) is 0 Å². The van der Waals surface area contributed by atoms with E-state index in [2.05, 4.69) is 10.6 Å². The number of carbonyl (C=O) groups excluding carboxylic acids is 2. The van der Waals surface area contributed by atoms with Crippen LogP contribution in [0.25, 0.3) is 0 Å². The molecule has 2 aromatic rings. The quantitative estimate of drug-likeness (QED) is 0.908. The van der Waals surface area contributed by atoms with E-state index in [9.17, 15) is 9.59 Å². The second kappa shape index (κ2) is 7.28. The number of urea groups is 1. The van der Waals surface area contributed by atoms with Crippen LogP contribution in [0.3, 0.4) is 0 Å². The standard InChI is InChI=1S/C17H19N3O2S/c21-16(15-7-4-12-23-15)20-10-8-14(9-11-20)19-17(22)18-13-5-2-1-3-6-13/h1-7,12,14H,8-11H2,(H2,18,19,22). The van der Waals surface area contributed by atoms with Crippen LogP contribution in [-0.2, 0) is 0 Å². The summed E-state index contributed by atoms with van der Waals surface area (Å²) < 4.78 is 0. The summed E-state index contributed by atoms with van der Waals surface area (Å²) >= 11 is 1.47. The molecular weight excluding hydrogens is 310 g/mol. The fourth-order valence-corrected chi connectivity index (χ4v) is 3.35. The number of carbonyl (C=O) groups is 2. The van der Waals surface area contributed by atoms with E-state index < -0.39 is 0 Å². The minimum Gasteiger partial charge on any atom is -0.338 e. The lowest BCUT2D eigenvalue weighted by Crippen LogP contribution is -2.47. The highest BCUT2D eigenvalue weighted by Gasteiger charge is 2.24. The van der Waals surface area contributed by atoms with Crippen molar-refractivity contribution in [1.29, 1.82) is 0 Å². The van der Waals surface area contributed by atoms with Crippen molar-refractivity contribution in [2.45, 2.75) is 18.9 Å². The van der Waals surface area contributed by atoms with Gasteiger partial charge in [0, 0.05) is 24.8 Å². The first-order valence-electron chi connectivity index (χ1n) is 7.68. The summed E-state index contributed by atoms with van der Waals surface area (Å²) in [4.78, 5) is 26.9. The van der Waals surface area contributed by atoms with E-state index >= 15 is 0 Å². The van der Waals surface area contributed by atoms with Crippen molar-refractivity contribution in [2.24, 2.45) is 0 Å². The molecule has 1 fully saturated rings. The molecule has 23 heavy (non-hydrogen) atoms. The Kier molecular flexibility index (Phi) is 4.92. The SMILES string of the molecule is O=C(Nc1ccccc1)NC1CCN(C(=O)c2cccs2)CC1. The summed E-state index contributed by atoms with van der Waals surface area (Å²) in [5.74, 6) is 0.0900. The van der Waals surface area contributed by atoms with Gasteiger partial charge in [0.25, 0.3) is 5.91 Å². The van der Waals surface area contributed by atoms with E-state index in [0.717, 1.165) is 23.4 Å². The van der Waals surface area contributed by atoms with Gasteiger partial charge in [0.15, 0.2) is 0 Å². The number of benzene rings is 1. The smallest absolute Gasteiger partial charge is 0.319 e. The number of amides is 3. The lowest BCUT2D eigenvalue weighted by molar-refractivity contribution is 0.0714. The van der Waals surface area contributed by atoms with Gasteiger partial charge in [0.2, 0.25) is 0 Å². The van der Waals surface area contributed by atoms with Crippen LogP contribution >= 0.6 is 11.3 Å². The molecule has 0 saturated carbocycles. The summed E-state index contributed by atoms with van der Waals surface area (Å²) in [6.07, 6.45) is 1.55. The molecule has 120 valence electrons. The Morgan fingerprint density at radius 3 is 2.43 bits per heavy atom. The second-order valence-electron chi connectivity index (χ2n) is 5.51. The van der Waals surface area contributed by atoms with Crippen molar-refractivity contribution < 1.29 is 9.59 Å². The molecule has 0 aliphatic carbocycles. The Morgan fingerprint density at radius 1 is 1.04 bits per heavy atom. The third-order valence-electron chi connectivity index (χ3n) is 3.88. The molecule has 3 amide bonds. The highest BCUT2D eigenvalue weighted by molar-refractivity contribution is 7.12. The second-order valence-corrected chi connectivity index (χ2v) is 6.46. The first kappa shape index (κ1) is 15.6. The number of hydrogen-bond acceptors (Lipinski definition) is 3. The van der Waals surface area contributed by atoms with Crippen LogP contribution in [0.2, 0.25) is 0 Å². The summed E-state index contributed by atoms with van der Waals surface area (Å²) in [5, 5.41) is 7.70. The lowest BCUT2D eigenvalue weighted by Gasteiger charge is -2.32. The summed E-state index contributed by atoms with van der Waals surface area (Å²) in [5.41, 5.74) is 0.773. The van der Waals surface area contributed by atoms with Gasteiger partial charge in [-0.1, -0.05) is 24.3 Å². The average molecular weight is 329 g/mol. The fourth-order valence-electron chi connectivity index (χ4n) is 2.66. The normalized spacial score (nSPS) is 15.2. The molecular formula is C17H19N3O2S. The third kappa shape index (κ3) is 4.10. The Labute approximate surface area is 139 Å². The maximum absolute atomic E-state index is 12.3. The van der Waals surface area contributed by atoms with Crippen molar-refractivity contribution in [1.82, 2.24) is 10.2 Å². The third-order valence-corrected chi connectivity index (χ3v) is 4.74. The summed E-state index contributed by atoms with van der Waals surface area (Å²) in [7, 11) is 0. The molecule has 1 aromatic heterocycles. The Morgan fingerprint density at radius 2 is 1.78 bits per heavy atom. The van der Waals surface area contributed by atoms with E-state index in [4.69, 9.17) is 0 Å². The maximum Gasteiger partial charge on any atom is 0.319 e. The number of nitrogens with one attached hydrogen (secondary N) is 2. The van der Waals surface area contributed by atoms with Crippen LogP contribution < -0.4 is 10.6 Å². The molecule has 0 bridgehead atoms. The van der Waals surface area contributed by atoms with Crippen LogP contribution in [0.1, 0.15) is 22.5 Å². The minimum absolute atomic E-state index is 0.0900. The van der Waals surface area contributed by atoms with Crippen LogP contribution in [-0.4, -0.2) is 36.0 Å². The summed E-state index contributed by atoms with van der Waals surface area (Å²) in [6, 6.07) is 13.0. The van der Waals surface area contributed by atoms with E-state index in [1.54, 1.807) is 0 Å². The predicted octanol–water partition coefficient (Wildman–Crippen LogP) is 3.17. The van der Waals surface area contributed by atoms with E-state index in [1.165, 1.54) is 11.3 Å². The largest absolute Gasteiger partial charge is 0.338 e. The fraction of sp³-hybridized carbons (Fsp3) is 0.294. The molecule has 1 aliphatic heterocycles. The maximum atomic E-state index is 12.3. The van der Waals surface area contributed by atoms with Crippen molar-refractivity contribution in [3.8, 4) is 0 Å². The number of thiophene rings is 1. The molecule has 2 N–H and O–H groups in total. The molecule has 1 aromatic carbocycles. The van der Waals surface area contributed by atoms with Crippen molar-refractivity contribution >= 4 is 29.0 Å². The number of rotatable bonds is 3. The zero-order valence-electron chi connectivity index (χ0n) is 12.7. The van der Waals surface area contributed by atoms with Gasteiger partial charge < -0.3 is 15.5 Å². The minimum atomic E-state index is -0.195. The van der Waals surface area contributed by atoms with Crippen LogP contribution in [0.5, 0.6) is 0 Å². The van der Waals surface area contributed by atoms with Gasteiger partial charge in [0.05, 0.1) is 4.88 Å². The molecule has 3 rings (SSSR count). The Hall–Kier alpha value is -2.34. The molecule has 0 spiro atoms. The van der Waals surface area contributed by atoms with Gasteiger partial charge in [-0.3, -0.25) is 4.79 Å². The Bertz CT molecular complexity index is 650. The van der Waals surface area contributed by atoms with Gasteiger partial charge in [-0.05, 0) is 36.4 Å². The van der Waals surface area contributed by atoms with E-state index in [-0.39, 0.29) is 18.0 Å². The first-order chi connectivity index (χ1) is 11.2. The van der Waals surface area contributed by atoms with Crippen molar-refractivity contribution in [3.05, 3.63) is 52.7 Å². The summed E-state index contributed by atoms with van der Waals surface area (Å²) in [6.45, 7) is 1.35. The molecule has 6 heteroatoms. The highest BCUT2D eigenvalue weighted by Crippen LogP contribution is 2.17. The average Bonchev–Trinajstić information content (AvgIpc) is 3.10. The van der Waals surface area contributed by atoms with E-state index in [0.29, 0.717) is 13.1 Å². The van der Waals surface area contributed by atoms with Gasteiger partial charge in [-0.15, -0.1) is 11.3 Å². The molecule has 1 saturated heterocycles.